The first-order valence-electron chi connectivity index (χ1n) is 6.95. The summed E-state index contributed by atoms with van der Waals surface area (Å²) in [5.74, 6) is 0.128. The third kappa shape index (κ3) is 2.65. The molecule has 2 heterocycles. The van der Waals surface area contributed by atoms with Crippen LogP contribution in [0.1, 0.15) is 24.4 Å². The maximum Gasteiger partial charge on any atom is 0.307 e. The van der Waals surface area contributed by atoms with E-state index in [-0.39, 0.29) is 6.79 Å². The molecule has 0 aliphatic carbocycles. The molecule has 1 fully saturated rings. The lowest BCUT2D eigenvalue weighted by Gasteiger charge is -2.33. The molecule has 2 aliphatic rings. The molecule has 21 heavy (non-hydrogen) atoms. The van der Waals surface area contributed by atoms with Crippen molar-refractivity contribution in [3.8, 4) is 17.6 Å². The first-order chi connectivity index (χ1) is 10.2. The summed E-state index contributed by atoms with van der Waals surface area (Å²) in [5, 5.41) is 18.7. The Morgan fingerprint density at radius 3 is 3.00 bits per heavy atom. The summed E-state index contributed by atoms with van der Waals surface area (Å²) < 4.78 is 10.6. The fraction of sp³-hybridized carbons (Fsp3) is 0.467. The zero-order valence-corrected chi connectivity index (χ0v) is 11.5. The van der Waals surface area contributed by atoms with Crippen LogP contribution in [0.2, 0.25) is 0 Å². The average Bonchev–Trinajstić information content (AvgIpc) is 2.96. The maximum absolute atomic E-state index is 11.2. The predicted molar refractivity (Wildman–Crippen MR) is 72.9 cm³/mol. The molecule has 1 saturated heterocycles. The molecule has 1 aromatic rings. The van der Waals surface area contributed by atoms with E-state index in [4.69, 9.17) is 14.6 Å². The third-order valence-corrected chi connectivity index (χ3v) is 4.00. The van der Waals surface area contributed by atoms with E-state index in [1.807, 2.05) is 11.0 Å². The van der Waals surface area contributed by atoms with Crippen LogP contribution >= 0.6 is 0 Å². The number of aliphatic carboxylic acids is 1. The van der Waals surface area contributed by atoms with Crippen LogP contribution in [0.3, 0.4) is 0 Å². The normalized spacial score (nSPS) is 22.5. The van der Waals surface area contributed by atoms with Crippen molar-refractivity contribution in [2.75, 3.05) is 19.9 Å². The highest BCUT2D eigenvalue weighted by Gasteiger charge is 2.31. The molecule has 2 aliphatic heterocycles. The number of nitriles is 1. The van der Waals surface area contributed by atoms with Crippen LogP contribution in [-0.2, 0) is 4.79 Å². The summed E-state index contributed by atoms with van der Waals surface area (Å²) in [6.07, 6.45) is 1.46. The number of piperidine rings is 1. The van der Waals surface area contributed by atoms with Crippen molar-refractivity contribution in [3.63, 3.8) is 0 Å². The Hall–Kier alpha value is -2.26. The minimum absolute atomic E-state index is 0.195. The van der Waals surface area contributed by atoms with Gasteiger partial charge in [0.2, 0.25) is 6.79 Å². The van der Waals surface area contributed by atoms with E-state index in [2.05, 4.69) is 6.07 Å². The second kappa shape index (κ2) is 5.62. The number of carbonyl (C=O) groups is 1. The van der Waals surface area contributed by atoms with Gasteiger partial charge in [-0.2, -0.15) is 5.26 Å². The van der Waals surface area contributed by atoms with Crippen molar-refractivity contribution in [1.82, 2.24) is 4.90 Å². The van der Waals surface area contributed by atoms with Gasteiger partial charge in [-0.3, -0.25) is 9.69 Å². The van der Waals surface area contributed by atoms with E-state index in [9.17, 15) is 10.1 Å². The molecule has 0 spiro atoms. The summed E-state index contributed by atoms with van der Waals surface area (Å²) in [4.78, 5) is 13.1. The largest absolute Gasteiger partial charge is 0.481 e. The minimum Gasteiger partial charge on any atom is -0.481 e. The summed E-state index contributed by atoms with van der Waals surface area (Å²) in [5.41, 5.74) is 0.813. The molecule has 1 N–H and O–H groups in total. The van der Waals surface area contributed by atoms with Gasteiger partial charge in [0.15, 0.2) is 11.5 Å². The fourth-order valence-corrected chi connectivity index (χ4v) is 2.89. The van der Waals surface area contributed by atoms with E-state index in [0.29, 0.717) is 24.5 Å². The van der Waals surface area contributed by atoms with Gasteiger partial charge < -0.3 is 14.6 Å². The summed E-state index contributed by atoms with van der Waals surface area (Å²) in [6, 6.07) is 7.26. The molecule has 0 radical (unpaired) electrons. The number of carboxylic acid groups (broad SMARTS) is 1. The third-order valence-electron chi connectivity index (χ3n) is 4.00. The Balaban J connectivity index is 1.81. The molecule has 3 rings (SSSR count). The molecule has 0 bridgehead atoms. The van der Waals surface area contributed by atoms with Gasteiger partial charge in [-0.05, 0) is 37.1 Å². The lowest BCUT2D eigenvalue weighted by atomic mass is 9.95. The van der Waals surface area contributed by atoms with Crippen LogP contribution in [0.5, 0.6) is 11.5 Å². The molecular weight excluding hydrogens is 272 g/mol. The van der Waals surface area contributed by atoms with E-state index in [0.717, 1.165) is 18.5 Å². The van der Waals surface area contributed by atoms with E-state index < -0.39 is 17.9 Å². The lowest BCUT2D eigenvalue weighted by molar-refractivity contribution is -0.143. The summed E-state index contributed by atoms with van der Waals surface area (Å²) in [7, 11) is 0. The Kier molecular flexibility index (Phi) is 3.67. The van der Waals surface area contributed by atoms with Crippen LogP contribution < -0.4 is 9.47 Å². The number of ether oxygens (including phenoxy) is 2. The van der Waals surface area contributed by atoms with Crippen LogP contribution in [0.4, 0.5) is 0 Å². The number of nitrogens with zero attached hydrogens (tertiary/aromatic N) is 2. The van der Waals surface area contributed by atoms with Gasteiger partial charge in [0.05, 0.1) is 12.0 Å². The van der Waals surface area contributed by atoms with Crippen molar-refractivity contribution in [3.05, 3.63) is 23.8 Å². The highest BCUT2D eigenvalue weighted by Crippen LogP contribution is 2.36. The maximum atomic E-state index is 11.2. The second-order valence-corrected chi connectivity index (χ2v) is 5.32. The first kappa shape index (κ1) is 13.7. The average molecular weight is 288 g/mol. The van der Waals surface area contributed by atoms with Crippen LogP contribution in [0, 0.1) is 17.2 Å². The Morgan fingerprint density at radius 2 is 2.24 bits per heavy atom. The second-order valence-electron chi connectivity index (χ2n) is 5.32. The molecule has 2 unspecified atom stereocenters. The molecule has 2 atom stereocenters. The number of likely N-dealkylation sites (tertiary alicyclic amines) is 1. The van der Waals surface area contributed by atoms with Crippen molar-refractivity contribution >= 4 is 5.97 Å². The number of hydrogen-bond acceptors (Lipinski definition) is 5. The van der Waals surface area contributed by atoms with Crippen molar-refractivity contribution in [2.45, 2.75) is 18.9 Å². The quantitative estimate of drug-likeness (QED) is 0.912. The van der Waals surface area contributed by atoms with Gasteiger partial charge in [-0.1, -0.05) is 6.07 Å². The number of rotatable bonds is 3. The predicted octanol–water partition coefficient (Wildman–Crippen LogP) is 1.78. The molecule has 0 saturated carbocycles. The van der Waals surface area contributed by atoms with Gasteiger partial charge >= 0.3 is 5.97 Å². The van der Waals surface area contributed by atoms with Gasteiger partial charge in [-0.15, -0.1) is 0 Å². The number of hydrogen-bond donors (Lipinski definition) is 1. The summed E-state index contributed by atoms with van der Waals surface area (Å²) >= 11 is 0. The topological polar surface area (TPSA) is 82.8 Å². The molecular formula is C15H16N2O4. The first-order valence-corrected chi connectivity index (χ1v) is 6.95. The monoisotopic (exact) mass is 288 g/mol. The van der Waals surface area contributed by atoms with Crippen molar-refractivity contribution in [1.29, 1.82) is 5.26 Å². The Labute approximate surface area is 122 Å². The van der Waals surface area contributed by atoms with Gasteiger partial charge in [0.25, 0.3) is 0 Å². The van der Waals surface area contributed by atoms with E-state index >= 15 is 0 Å². The molecule has 6 heteroatoms. The smallest absolute Gasteiger partial charge is 0.307 e. The Morgan fingerprint density at radius 1 is 1.43 bits per heavy atom. The van der Waals surface area contributed by atoms with Crippen LogP contribution in [0.25, 0.3) is 0 Å². The number of carboxylic acids is 1. The highest BCUT2D eigenvalue weighted by atomic mass is 16.7. The standard InChI is InChI=1S/C15H16N2O4/c16-7-12(17-5-1-2-11(8-17)15(18)19)10-3-4-13-14(6-10)21-9-20-13/h3-4,6,11-12H,1-2,5,8-9H2,(H,18,19). The van der Waals surface area contributed by atoms with Gasteiger partial charge in [0, 0.05) is 6.54 Å². The van der Waals surface area contributed by atoms with E-state index in [1.54, 1.807) is 12.1 Å². The summed E-state index contributed by atoms with van der Waals surface area (Å²) in [6.45, 7) is 1.33. The SMILES string of the molecule is N#CC(c1ccc2c(c1)OCO2)N1CCCC(C(=O)O)C1. The zero-order valence-electron chi connectivity index (χ0n) is 11.5. The zero-order chi connectivity index (χ0) is 14.8. The Bertz CT molecular complexity index is 596. The molecule has 6 nitrogen and oxygen atoms in total. The van der Waals surface area contributed by atoms with Gasteiger partial charge in [-0.25, -0.2) is 0 Å². The molecule has 0 aromatic heterocycles. The van der Waals surface area contributed by atoms with Crippen LogP contribution in [0.15, 0.2) is 18.2 Å². The number of fused-ring (bicyclic) bond motifs is 1. The van der Waals surface area contributed by atoms with Gasteiger partial charge in [0.1, 0.15) is 6.04 Å². The van der Waals surface area contributed by atoms with E-state index in [1.165, 1.54) is 0 Å². The molecule has 110 valence electrons. The minimum atomic E-state index is -0.790. The number of benzene rings is 1. The lowest BCUT2D eigenvalue weighted by Crippen LogP contribution is -2.40. The highest BCUT2D eigenvalue weighted by molar-refractivity contribution is 5.70. The van der Waals surface area contributed by atoms with Crippen molar-refractivity contribution < 1.29 is 19.4 Å². The van der Waals surface area contributed by atoms with Crippen molar-refractivity contribution in [2.24, 2.45) is 5.92 Å². The molecule has 0 amide bonds. The fourth-order valence-electron chi connectivity index (χ4n) is 2.89. The molecule has 1 aromatic carbocycles. The van der Waals surface area contributed by atoms with Crippen LogP contribution in [-0.4, -0.2) is 35.9 Å².